The van der Waals surface area contributed by atoms with Gasteiger partial charge in [0.05, 0.1) is 5.69 Å². The third kappa shape index (κ3) is 7.22. The Morgan fingerprint density at radius 2 is 1.58 bits per heavy atom. The van der Waals surface area contributed by atoms with Gasteiger partial charge in [-0.25, -0.2) is 9.97 Å². The number of pyridine rings is 1. The second-order valence-corrected chi connectivity index (χ2v) is 8.50. The quantitative estimate of drug-likeness (QED) is 0.380. The molecule has 0 radical (unpaired) electrons. The third-order valence-electron chi connectivity index (χ3n) is 5.01. The number of hydrogen-bond acceptors (Lipinski definition) is 5. The number of hydrogen-bond donors (Lipinski definition) is 2. The fraction of sp³-hybridized carbons (Fsp3) is 0.250. The summed E-state index contributed by atoms with van der Waals surface area (Å²) in [5, 5.41) is 3.41. The number of nitrogens with two attached hydrogens (primary N) is 1. The highest BCUT2D eigenvalue weighted by atomic mass is 15.1. The van der Waals surface area contributed by atoms with E-state index in [1.165, 1.54) is 11.1 Å². The van der Waals surface area contributed by atoms with Crippen LogP contribution in [0.3, 0.4) is 0 Å². The Bertz CT molecular complexity index is 1120. The number of aromatic nitrogens is 3. The normalized spacial score (nSPS) is 11.5. The number of benzene rings is 2. The topological polar surface area (TPSA) is 76.7 Å². The molecule has 0 saturated carbocycles. The smallest absolute Gasteiger partial charge is 0.223 e. The van der Waals surface area contributed by atoms with Crippen molar-refractivity contribution in [3.8, 4) is 22.4 Å². The number of rotatable bonds is 6. The first-order valence-electron chi connectivity index (χ1n) is 11.3. The Balaban J connectivity index is 0.000000709. The summed E-state index contributed by atoms with van der Waals surface area (Å²) in [5.74, 6) is 0.997. The van der Waals surface area contributed by atoms with Gasteiger partial charge in [0.1, 0.15) is 0 Å². The Labute approximate surface area is 197 Å². The first kappa shape index (κ1) is 24.1. The molecule has 5 heteroatoms. The zero-order valence-electron chi connectivity index (χ0n) is 19.9. The fourth-order valence-corrected chi connectivity index (χ4v) is 3.36. The number of nitrogens with zero attached hydrogens (tertiary/aromatic N) is 3. The van der Waals surface area contributed by atoms with Gasteiger partial charge in [-0.3, -0.25) is 4.98 Å². The van der Waals surface area contributed by atoms with E-state index in [0.29, 0.717) is 17.9 Å². The lowest BCUT2D eigenvalue weighted by Gasteiger charge is -2.15. The molecule has 33 heavy (non-hydrogen) atoms. The summed E-state index contributed by atoms with van der Waals surface area (Å²) in [4.78, 5) is 13.6. The van der Waals surface area contributed by atoms with E-state index in [9.17, 15) is 0 Å². The number of aryl methyl sites for hydroxylation is 1. The molecular weight excluding hydrogens is 406 g/mol. The van der Waals surface area contributed by atoms with Gasteiger partial charge in [-0.15, -0.1) is 0 Å². The van der Waals surface area contributed by atoms with E-state index in [1.807, 2.05) is 38.2 Å². The lowest BCUT2D eigenvalue weighted by molar-refractivity contribution is 0.797. The van der Waals surface area contributed by atoms with Crippen molar-refractivity contribution in [2.75, 3.05) is 11.9 Å². The fourth-order valence-electron chi connectivity index (χ4n) is 3.36. The maximum atomic E-state index is 5.11. The van der Waals surface area contributed by atoms with Crippen LogP contribution in [-0.4, -0.2) is 27.5 Å². The molecule has 0 aliphatic rings. The molecule has 3 N–H and O–H groups in total. The number of nitrogens with one attached hydrogen (secondary N) is 1. The van der Waals surface area contributed by atoms with E-state index in [4.69, 9.17) is 10.7 Å². The van der Waals surface area contributed by atoms with Crippen molar-refractivity contribution in [2.45, 2.75) is 39.7 Å². The van der Waals surface area contributed by atoms with Gasteiger partial charge < -0.3 is 11.1 Å². The minimum atomic E-state index is 0.333. The lowest BCUT2D eigenvalue weighted by Crippen LogP contribution is -2.12. The highest BCUT2D eigenvalue weighted by molar-refractivity contribution is 5.80. The van der Waals surface area contributed by atoms with E-state index in [0.717, 1.165) is 28.9 Å². The van der Waals surface area contributed by atoms with Gasteiger partial charge in [-0.05, 0) is 42.1 Å². The summed E-state index contributed by atoms with van der Waals surface area (Å²) in [6.07, 6.45) is 5.50. The molecule has 5 nitrogen and oxygen atoms in total. The van der Waals surface area contributed by atoms with Gasteiger partial charge in [0.2, 0.25) is 5.95 Å². The Hall–Kier alpha value is -3.57. The summed E-state index contributed by atoms with van der Waals surface area (Å²) in [6.45, 7) is 8.95. The maximum Gasteiger partial charge on any atom is 0.223 e. The van der Waals surface area contributed by atoms with Gasteiger partial charge in [-0.1, -0.05) is 80.9 Å². The summed E-state index contributed by atoms with van der Waals surface area (Å²) in [7, 11) is 0. The monoisotopic (exact) mass is 439 g/mol. The molecule has 0 amide bonds. The van der Waals surface area contributed by atoms with E-state index in [1.54, 1.807) is 12.4 Å². The predicted octanol–water partition coefficient (Wildman–Crippen LogP) is 6.08. The largest absolute Gasteiger partial charge is 0.354 e. The minimum absolute atomic E-state index is 0.333. The molecule has 0 aliphatic carbocycles. The molecule has 4 rings (SSSR count). The van der Waals surface area contributed by atoms with Crippen LogP contribution in [0.15, 0.2) is 85.3 Å². The van der Waals surface area contributed by atoms with Crippen molar-refractivity contribution in [1.29, 1.82) is 0 Å². The van der Waals surface area contributed by atoms with Crippen molar-refractivity contribution in [2.24, 2.45) is 5.73 Å². The molecule has 0 spiro atoms. The molecule has 0 aliphatic heterocycles. The lowest BCUT2D eigenvalue weighted by atomic mass is 10.00. The molecular formula is C28H33N5. The Morgan fingerprint density at radius 1 is 0.879 bits per heavy atom. The van der Waals surface area contributed by atoms with Gasteiger partial charge in [0, 0.05) is 36.3 Å². The van der Waals surface area contributed by atoms with Crippen molar-refractivity contribution in [3.05, 3.63) is 96.4 Å². The number of anilines is 1. The summed E-state index contributed by atoms with van der Waals surface area (Å²) < 4.78 is 0. The molecule has 0 fully saturated rings. The van der Waals surface area contributed by atoms with Crippen LogP contribution in [-0.2, 0) is 0 Å². The van der Waals surface area contributed by atoms with Crippen molar-refractivity contribution in [1.82, 2.24) is 15.0 Å². The van der Waals surface area contributed by atoms with Crippen molar-refractivity contribution in [3.63, 3.8) is 0 Å². The average molecular weight is 440 g/mol. The molecule has 2 aromatic heterocycles. The Morgan fingerprint density at radius 3 is 2.24 bits per heavy atom. The van der Waals surface area contributed by atoms with Gasteiger partial charge in [0.15, 0.2) is 0 Å². The van der Waals surface area contributed by atoms with Crippen LogP contribution >= 0.6 is 0 Å². The standard InChI is InChI=1S/C25H24N4.C3H9N/c1-18-7-6-10-22(15-18)23-17-28-25(29-24(23)21-11-13-26-14-12-21)27-16-19(2)20-8-4-3-5-9-20;1-3(2)4/h3-15,17,19H,16H2,1-2H3,(H,27,28,29);3H,4H2,1-2H3. The van der Waals surface area contributed by atoms with Gasteiger partial charge in [0.25, 0.3) is 0 Å². The van der Waals surface area contributed by atoms with Crippen LogP contribution in [0.1, 0.15) is 37.8 Å². The molecule has 0 bridgehead atoms. The molecule has 0 saturated heterocycles. The SMILES string of the molecule is CC(C)N.Cc1cccc(-c2cnc(NCC(C)c3ccccc3)nc2-c2ccncc2)c1. The predicted molar refractivity (Wildman–Crippen MR) is 138 cm³/mol. The van der Waals surface area contributed by atoms with E-state index < -0.39 is 0 Å². The maximum absolute atomic E-state index is 5.11. The van der Waals surface area contributed by atoms with Crippen molar-refractivity contribution >= 4 is 5.95 Å². The molecule has 4 aromatic rings. The second-order valence-electron chi connectivity index (χ2n) is 8.50. The van der Waals surface area contributed by atoms with Crippen LogP contribution in [0.5, 0.6) is 0 Å². The summed E-state index contributed by atoms with van der Waals surface area (Å²) in [5.41, 5.74) is 11.7. The molecule has 170 valence electrons. The first-order chi connectivity index (χ1) is 15.9. The van der Waals surface area contributed by atoms with Crippen LogP contribution in [0.2, 0.25) is 0 Å². The molecule has 1 unspecified atom stereocenters. The highest BCUT2D eigenvalue weighted by Gasteiger charge is 2.13. The summed E-state index contributed by atoms with van der Waals surface area (Å²) >= 11 is 0. The zero-order valence-corrected chi connectivity index (χ0v) is 19.9. The minimum Gasteiger partial charge on any atom is -0.354 e. The van der Waals surface area contributed by atoms with E-state index in [-0.39, 0.29) is 0 Å². The van der Waals surface area contributed by atoms with Gasteiger partial charge in [-0.2, -0.15) is 0 Å². The molecule has 1 atom stereocenters. The van der Waals surface area contributed by atoms with Crippen LogP contribution in [0, 0.1) is 6.92 Å². The van der Waals surface area contributed by atoms with Gasteiger partial charge >= 0.3 is 0 Å². The highest BCUT2D eigenvalue weighted by Crippen LogP contribution is 2.31. The van der Waals surface area contributed by atoms with E-state index >= 15 is 0 Å². The Kier molecular flexibility index (Phi) is 8.67. The zero-order chi connectivity index (χ0) is 23.6. The van der Waals surface area contributed by atoms with Crippen molar-refractivity contribution < 1.29 is 0 Å². The summed E-state index contributed by atoms with van der Waals surface area (Å²) in [6, 6.07) is 23.2. The average Bonchev–Trinajstić information content (AvgIpc) is 2.83. The van der Waals surface area contributed by atoms with Crippen LogP contribution in [0.4, 0.5) is 5.95 Å². The first-order valence-corrected chi connectivity index (χ1v) is 11.3. The van der Waals surface area contributed by atoms with Crippen LogP contribution in [0.25, 0.3) is 22.4 Å². The second kappa shape index (κ2) is 11.9. The molecule has 2 aromatic carbocycles. The van der Waals surface area contributed by atoms with E-state index in [2.05, 4.69) is 77.7 Å². The molecule has 2 heterocycles. The third-order valence-corrected chi connectivity index (χ3v) is 5.01. The van der Waals surface area contributed by atoms with Crippen LogP contribution < -0.4 is 11.1 Å².